The molecule has 3 saturated heterocycles. The molecule has 3 fully saturated rings. The molecule has 2 bridgehead atoms. The van der Waals surface area contributed by atoms with Crippen LogP contribution < -0.4 is 0 Å². The van der Waals surface area contributed by atoms with E-state index < -0.39 is 0 Å². The summed E-state index contributed by atoms with van der Waals surface area (Å²) in [6.45, 7) is 2.21. The Hall–Kier alpha value is -0.0800. The third-order valence-electron chi connectivity index (χ3n) is 4.09. The van der Waals surface area contributed by atoms with Gasteiger partial charge in [0.15, 0.2) is 0 Å². The quantitative estimate of drug-likeness (QED) is 0.666. The molecular weight excluding hydrogens is 174 g/mol. The molecule has 3 rings (SSSR count). The predicted molar refractivity (Wildman–Crippen MR) is 56.0 cm³/mol. The average molecular weight is 194 g/mol. The third kappa shape index (κ3) is 1.59. The van der Waals surface area contributed by atoms with E-state index in [1.54, 1.807) is 0 Å². The summed E-state index contributed by atoms with van der Waals surface area (Å²) >= 11 is 0. The normalized spacial score (nSPS) is 43.3. The number of piperidine rings is 1. The summed E-state index contributed by atoms with van der Waals surface area (Å²) in [6, 6.07) is 1.72. The molecule has 0 saturated carbocycles. The number of ether oxygens (including phenoxy) is 1. The number of rotatable bonds is 2. The van der Waals surface area contributed by atoms with E-state index in [1.807, 2.05) is 0 Å². The van der Waals surface area contributed by atoms with E-state index in [1.165, 1.54) is 45.1 Å². The Morgan fingerprint density at radius 1 is 1.14 bits per heavy atom. The smallest absolute Gasteiger partial charge is 0.0703 e. The second kappa shape index (κ2) is 3.82. The molecule has 2 heteroatoms. The molecule has 3 aliphatic rings. The van der Waals surface area contributed by atoms with Crippen LogP contribution in [-0.4, -0.2) is 36.2 Å². The van der Waals surface area contributed by atoms with Crippen LogP contribution in [0, 0.1) is 6.42 Å². The van der Waals surface area contributed by atoms with Crippen LogP contribution in [0.25, 0.3) is 0 Å². The molecule has 2 nitrogen and oxygen atoms in total. The van der Waals surface area contributed by atoms with Gasteiger partial charge in [0.1, 0.15) is 0 Å². The molecule has 0 N–H and O–H groups in total. The Morgan fingerprint density at radius 2 is 1.93 bits per heavy atom. The van der Waals surface area contributed by atoms with E-state index in [2.05, 4.69) is 11.3 Å². The standard InChI is InChI=1S/C12H20NO/c1-3-10-6-7-11(4-1)13(10)9-12-5-2-8-14-12/h1,10-12H,2-9H2. The van der Waals surface area contributed by atoms with Gasteiger partial charge in [-0.25, -0.2) is 0 Å². The Labute approximate surface area is 86.6 Å². The fourth-order valence-electron chi connectivity index (χ4n) is 3.32. The molecule has 0 aromatic heterocycles. The Balaban J connectivity index is 1.61. The van der Waals surface area contributed by atoms with Gasteiger partial charge >= 0.3 is 0 Å². The van der Waals surface area contributed by atoms with E-state index >= 15 is 0 Å². The molecule has 3 heterocycles. The highest BCUT2D eigenvalue weighted by Gasteiger charge is 2.37. The van der Waals surface area contributed by atoms with Crippen LogP contribution in [0.1, 0.15) is 38.5 Å². The second-order valence-corrected chi connectivity index (χ2v) is 4.98. The van der Waals surface area contributed by atoms with Gasteiger partial charge in [-0.15, -0.1) is 0 Å². The van der Waals surface area contributed by atoms with Crippen LogP contribution in [0.3, 0.4) is 0 Å². The van der Waals surface area contributed by atoms with Crippen molar-refractivity contribution in [1.82, 2.24) is 4.90 Å². The minimum absolute atomic E-state index is 0.552. The van der Waals surface area contributed by atoms with Crippen molar-refractivity contribution in [2.75, 3.05) is 13.2 Å². The molecule has 14 heavy (non-hydrogen) atoms. The van der Waals surface area contributed by atoms with Gasteiger partial charge in [-0.2, -0.15) is 0 Å². The van der Waals surface area contributed by atoms with Crippen LogP contribution in [-0.2, 0) is 4.74 Å². The maximum atomic E-state index is 5.73. The molecule has 3 unspecified atom stereocenters. The Bertz CT molecular complexity index is 184. The lowest BCUT2D eigenvalue weighted by atomic mass is 10.0. The molecule has 79 valence electrons. The maximum Gasteiger partial charge on any atom is 0.0703 e. The van der Waals surface area contributed by atoms with Gasteiger partial charge in [-0.3, -0.25) is 4.90 Å². The summed E-state index contributed by atoms with van der Waals surface area (Å²) in [6.07, 6.45) is 11.1. The van der Waals surface area contributed by atoms with Gasteiger partial charge < -0.3 is 4.74 Å². The van der Waals surface area contributed by atoms with Crippen molar-refractivity contribution in [3.63, 3.8) is 0 Å². The minimum Gasteiger partial charge on any atom is -0.377 e. The molecule has 1 radical (unpaired) electrons. The summed E-state index contributed by atoms with van der Waals surface area (Å²) in [5.41, 5.74) is 0. The first-order valence-electron chi connectivity index (χ1n) is 6.12. The topological polar surface area (TPSA) is 12.5 Å². The summed E-state index contributed by atoms with van der Waals surface area (Å²) in [5.74, 6) is 0. The fourth-order valence-corrected chi connectivity index (χ4v) is 3.32. The lowest BCUT2D eigenvalue weighted by molar-refractivity contribution is 0.0473. The summed E-state index contributed by atoms with van der Waals surface area (Å²) in [5, 5.41) is 0. The molecular formula is C12H20NO. The van der Waals surface area contributed by atoms with Crippen molar-refractivity contribution < 1.29 is 4.74 Å². The van der Waals surface area contributed by atoms with Crippen molar-refractivity contribution in [2.24, 2.45) is 0 Å². The monoisotopic (exact) mass is 194 g/mol. The molecule has 3 atom stereocenters. The number of nitrogens with zero attached hydrogens (tertiary/aromatic N) is 1. The van der Waals surface area contributed by atoms with Crippen molar-refractivity contribution in [1.29, 1.82) is 0 Å². The highest BCUT2D eigenvalue weighted by molar-refractivity contribution is 4.98. The lowest BCUT2D eigenvalue weighted by Gasteiger charge is -2.35. The van der Waals surface area contributed by atoms with Crippen LogP contribution in [0.4, 0.5) is 0 Å². The zero-order valence-corrected chi connectivity index (χ0v) is 8.82. The Kier molecular flexibility index (Phi) is 2.50. The largest absolute Gasteiger partial charge is 0.377 e. The number of hydrogen-bond donors (Lipinski definition) is 0. The van der Waals surface area contributed by atoms with E-state index in [0.717, 1.165) is 18.7 Å². The van der Waals surface area contributed by atoms with Gasteiger partial charge in [-0.1, -0.05) is 0 Å². The first kappa shape index (κ1) is 9.17. The molecule has 0 spiro atoms. The van der Waals surface area contributed by atoms with E-state index in [4.69, 9.17) is 4.74 Å². The number of fused-ring (bicyclic) bond motifs is 2. The molecule has 0 aromatic rings. The first-order valence-corrected chi connectivity index (χ1v) is 6.12. The lowest BCUT2D eigenvalue weighted by Crippen LogP contribution is -2.44. The van der Waals surface area contributed by atoms with Crippen LogP contribution in [0.2, 0.25) is 0 Å². The van der Waals surface area contributed by atoms with Gasteiger partial charge in [0.05, 0.1) is 6.10 Å². The van der Waals surface area contributed by atoms with Crippen molar-refractivity contribution >= 4 is 0 Å². The van der Waals surface area contributed by atoms with Crippen LogP contribution >= 0.6 is 0 Å². The van der Waals surface area contributed by atoms with Gasteiger partial charge in [-0.05, 0) is 44.9 Å². The summed E-state index contributed by atoms with van der Waals surface area (Å²) < 4.78 is 5.73. The van der Waals surface area contributed by atoms with Gasteiger partial charge in [0, 0.05) is 25.2 Å². The fraction of sp³-hybridized carbons (Fsp3) is 0.917. The molecule has 3 aliphatic heterocycles. The highest BCUT2D eigenvalue weighted by atomic mass is 16.5. The van der Waals surface area contributed by atoms with Gasteiger partial charge in [0.25, 0.3) is 0 Å². The Morgan fingerprint density at radius 3 is 2.57 bits per heavy atom. The van der Waals surface area contributed by atoms with Crippen molar-refractivity contribution in [3.8, 4) is 0 Å². The molecule has 0 aliphatic carbocycles. The summed E-state index contributed by atoms with van der Waals surface area (Å²) in [4.78, 5) is 2.73. The zero-order chi connectivity index (χ0) is 9.38. The van der Waals surface area contributed by atoms with Gasteiger partial charge in [0.2, 0.25) is 0 Å². The van der Waals surface area contributed by atoms with E-state index in [-0.39, 0.29) is 0 Å². The van der Waals surface area contributed by atoms with Crippen LogP contribution in [0.15, 0.2) is 0 Å². The first-order chi connectivity index (χ1) is 6.93. The summed E-state index contributed by atoms with van der Waals surface area (Å²) in [7, 11) is 0. The second-order valence-electron chi connectivity index (χ2n) is 4.98. The van der Waals surface area contributed by atoms with E-state index in [0.29, 0.717) is 6.10 Å². The van der Waals surface area contributed by atoms with Crippen molar-refractivity contribution in [3.05, 3.63) is 6.42 Å². The number of hydrogen-bond acceptors (Lipinski definition) is 2. The van der Waals surface area contributed by atoms with E-state index in [9.17, 15) is 0 Å². The highest BCUT2D eigenvalue weighted by Crippen LogP contribution is 2.35. The average Bonchev–Trinajstić information content (AvgIpc) is 2.75. The zero-order valence-electron chi connectivity index (χ0n) is 8.82. The molecule has 0 amide bonds. The third-order valence-corrected chi connectivity index (χ3v) is 4.09. The predicted octanol–water partition coefficient (Wildman–Crippen LogP) is 2.00. The minimum atomic E-state index is 0.552. The van der Waals surface area contributed by atoms with Crippen molar-refractivity contribution in [2.45, 2.75) is 56.7 Å². The molecule has 0 aromatic carbocycles. The SMILES string of the molecule is [CH]1CC2CCC(C1)N2CC1CCCO1. The van der Waals surface area contributed by atoms with Crippen LogP contribution in [0.5, 0.6) is 0 Å². The maximum absolute atomic E-state index is 5.73.